The number of benzene rings is 2. The molecule has 1 heterocycles. The van der Waals surface area contributed by atoms with Crippen molar-refractivity contribution in [1.29, 1.82) is 0 Å². The Bertz CT molecular complexity index is 767. The van der Waals surface area contributed by atoms with Gasteiger partial charge in [0.2, 0.25) is 5.89 Å². The van der Waals surface area contributed by atoms with Crippen molar-refractivity contribution >= 4 is 16.8 Å². The lowest BCUT2D eigenvalue weighted by atomic mass is 10.0. The third-order valence-electron chi connectivity index (χ3n) is 3.56. The van der Waals surface area contributed by atoms with Gasteiger partial charge in [-0.05, 0) is 23.3 Å². The molecule has 0 atom stereocenters. The summed E-state index contributed by atoms with van der Waals surface area (Å²) in [7, 11) is 1.68. The Balaban J connectivity index is 1.85. The van der Waals surface area contributed by atoms with Crippen LogP contribution in [0.15, 0.2) is 40.8 Å². The van der Waals surface area contributed by atoms with Crippen molar-refractivity contribution in [3.05, 3.63) is 47.9 Å². The number of methoxy groups -OCH3 is 1. The first-order chi connectivity index (χ1) is 10.8. The maximum Gasteiger partial charge on any atom is 0.315 e. The summed E-state index contributed by atoms with van der Waals surface area (Å²) in [6, 6.07) is 12.7. The molecular weight excluding hydrogens is 278 g/mol. The van der Waals surface area contributed by atoms with Gasteiger partial charge < -0.3 is 14.5 Å². The van der Waals surface area contributed by atoms with Crippen LogP contribution in [0.1, 0.15) is 24.8 Å². The van der Waals surface area contributed by atoms with E-state index in [0.29, 0.717) is 18.5 Å². The summed E-state index contributed by atoms with van der Waals surface area (Å²) in [5, 5.41) is 13.5. The summed E-state index contributed by atoms with van der Waals surface area (Å²) < 4.78 is 11.0. The van der Waals surface area contributed by atoms with E-state index in [1.54, 1.807) is 7.11 Å². The highest BCUT2D eigenvalue weighted by Crippen LogP contribution is 2.28. The molecule has 5 heteroatoms. The van der Waals surface area contributed by atoms with Crippen molar-refractivity contribution in [1.82, 2.24) is 10.2 Å². The molecule has 3 aromatic rings. The van der Waals surface area contributed by atoms with Crippen LogP contribution in [0.3, 0.4) is 0 Å². The molecule has 114 valence electrons. The Morgan fingerprint density at radius 3 is 2.82 bits per heavy atom. The molecule has 0 fully saturated rings. The molecule has 0 radical (unpaired) electrons. The van der Waals surface area contributed by atoms with Crippen LogP contribution in [0, 0.1) is 0 Å². The quantitative estimate of drug-likeness (QED) is 0.750. The third-order valence-corrected chi connectivity index (χ3v) is 3.56. The fourth-order valence-electron chi connectivity index (χ4n) is 2.49. The van der Waals surface area contributed by atoms with Crippen molar-refractivity contribution in [3.8, 4) is 5.75 Å². The highest BCUT2D eigenvalue weighted by molar-refractivity contribution is 5.87. The van der Waals surface area contributed by atoms with E-state index in [-0.39, 0.29) is 0 Å². The highest BCUT2D eigenvalue weighted by Gasteiger charge is 2.10. The first kappa shape index (κ1) is 14.4. The molecule has 0 aliphatic heterocycles. The molecule has 0 bridgehead atoms. The highest BCUT2D eigenvalue weighted by atomic mass is 16.5. The van der Waals surface area contributed by atoms with E-state index in [9.17, 15) is 0 Å². The average molecular weight is 297 g/mol. The van der Waals surface area contributed by atoms with Crippen LogP contribution in [0.2, 0.25) is 0 Å². The lowest BCUT2D eigenvalue weighted by Crippen LogP contribution is -2.03. The first-order valence-corrected chi connectivity index (χ1v) is 7.42. The topological polar surface area (TPSA) is 60.2 Å². The molecule has 3 rings (SSSR count). The Kier molecular flexibility index (Phi) is 4.23. The number of anilines is 1. The van der Waals surface area contributed by atoms with Gasteiger partial charge in [-0.2, -0.15) is 0 Å². The molecule has 0 aliphatic rings. The number of nitrogens with one attached hydrogen (secondary N) is 1. The van der Waals surface area contributed by atoms with Crippen molar-refractivity contribution < 1.29 is 9.15 Å². The van der Waals surface area contributed by atoms with Gasteiger partial charge in [0.25, 0.3) is 0 Å². The number of aromatic nitrogens is 2. The van der Waals surface area contributed by atoms with E-state index in [0.717, 1.165) is 29.5 Å². The van der Waals surface area contributed by atoms with Gasteiger partial charge >= 0.3 is 6.01 Å². The second kappa shape index (κ2) is 6.47. The second-order valence-corrected chi connectivity index (χ2v) is 5.07. The monoisotopic (exact) mass is 297 g/mol. The molecule has 0 amide bonds. The lowest BCUT2D eigenvalue weighted by Gasteiger charge is -2.12. The number of ether oxygens (including phenoxy) is 1. The predicted molar refractivity (Wildman–Crippen MR) is 86.1 cm³/mol. The molecule has 22 heavy (non-hydrogen) atoms. The minimum Gasteiger partial charge on any atom is -0.496 e. The molecule has 0 aliphatic carbocycles. The van der Waals surface area contributed by atoms with Gasteiger partial charge in [-0.15, -0.1) is 5.10 Å². The van der Waals surface area contributed by atoms with Gasteiger partial charge in [-0.25, -0.2) is 0 Å². The van der Waals surface area contributed by atoms with Gasteiger partial charge in [0.15, 0.2) is 0 Å². The van der Waals surface area contributed by atoms with E-state index in [4.69, 9.17) is 9.15 Å². The zero-order valence-electron chi connectivity index (χ0n) is 12.8. The Hall–Kier alpha value is -2.56. The van der Waals surface area contributed by atoms with Crippen LogP contribution in [0.25, 0.3) is 10.8 Å². The standard InChI is InChI=1S/C17H19N3O2/c1-3-6-16-19-20-17(22-16)18-11-14-13-8-5-4-7-12(13)9-10-15(14)21-2/h4-5,7-10H,3,6,11H2,1-2H3,(H,18,20). The normalized spacial score (nSPS) is 10.8. The summed E-state index contributed by atoms with van der Waals surface area (Å²) in [5.74, 6) is 1.51. The largest absolute Gasteiger partial charge is 0.496 e. The molecule has 0 saturated heterocycles. The van der Waals surface area contributed by atoms with E-state index < -0.39 is 0 Å². The van der Waals surface area contributed by atoms with Crippen LogP contribution in [-0.4, -0.2) is 17.3 Å². The van der Waals surface area contributed by atoms with Crippen molar-refractivity contribution in [2.45, 2.75) is 26.3 Å². The van der Waals surface area contributed by atoms with E-state index in [1.165, 1.54) is 5.39 Å². The zero-order chi connectivity index (χ0) is 15.4. The summed E-state index contributed by atoms with van der Waals surface area (Å²) in [6.45, 7) is 2.65. The van der Waals surface area contributed by atoms with Gasteiger partial charge in [0.1, 0.15) is 5.75 Å². The van der Waals surface area contributed by atoms with Crippen LogP contribution < -0.4 is 10.1 Å². The maximum absolute atomic E-state index is 5.56. The SMILES string of the molecule is CCCc1nnc(NCc2c(OC)ccc3ccccc23)o1. The van der Waals surface area contributed by atoms with Crippen LogP contribution in [0.5, 0.6) is 5.75 Å². The predicted octanol–water partition coefficient (Wildman–Crippen LogP) is 3.80. The van der Waals surface area contributed by atoms with Crippen molar-refractivity contribution in [2.75, 3.05) is 12.4 Å². The Labute approximate surface area is 129 Å². The summed E-state index contributed by atoms with van der Waals surface area (Å²) in [5.41, 5.74) is 1.08. The lowest BCUT2D eigenvalue weighted by molar-refractivity contribution is 0.411. The summed E-state index contributed by atoms with van der Waals surface area (Å²) in [4.78, 5) is 0. The molecule has 0 spiro atoms. The molecule has 0 saturated carbocycles. The minimum absolute atomic E-state index is 0.443. The van der Waals surface area contributed by atoms with Gasteiger partial charge in [0, 0.05) is 18.5 Å². The van der Waals surface area contributed by atoms with Gasteiger partial charge in [-0.1, -0.05) is 42.4 Å². The molecular formula is C17H19N3O2. The smallest absolute Gasteiger partial charge is 0.315 e. The fraction of sp³-hybridized carbons (Fsp3) is 0.294. The van der Waals surface area contributed by atoms with Gasteiger partial charge in [0.05, 0.1) is 7.11 Å². The maximum atomic E-state index is 5.56. The number of nitrogens with zero attached hydrogens (tertiary/aromatic N) is 2. The first-order valence-electron chi connectivity index (χ1n) is 7.42. The number of hydrogen-bond acceptors (Lipinski definition) is 5. The van der Waals surface area contributed by atoms with Crippen LogP contribution in [0.4, 0.5) is 6.01 Å². The Morgan fingerprint density at radius 1 is 1.14 bits per heavy atom. The molecule has 0 unspecified atom stereocenters. The zero-order valence-corrected chi connectivity index (χ0v) is 12.8. The Morgan fingerprint density at radius 2 is 2.00 bits per heavy atom. The van der Waals surface area contributed by atoms with Crippen LogP contribution in [-0.2, 0) is 13.0 Å². The number of aryl methyl sites for hydroxylation is 1. The van der Waals surface area contributed by atoms with Crippen LogP contribution >= 0.6 is 0 Å². The number of rotatable bonds is 6. The number of hydrogen-bond donors (Lipinski definition) is 1. The van der Waals surface area contributed by atoms with E-state index in [1.807, 2.05) is 18.2 Å². The van der Waals surface area contributed by atoms with Gasteiger partial charge in [-0.3, -0.25) is 0 Å². The molecule has 5 nitrogen and oxygen atoms in total. The molecule has 1 aromatic heterocycles. The van der Waals surface area contributed by atoms with Crippen molar-refractivity contribution in [2.24, 2.45) is 0 Å². The molecule has 2 aromatic carbocycles. The van der Waals surface area contributed by atoms with Crippen molar-refractivity contribution in [3.63, 3.8) is 0 Å². The number of fused-ring (bicyclic) bond motifs is 1. The second-order valence-electron chi connectivity index (χ2n) is 5.07. The summed E-state index contributed by atoms with van der Waals surface area (Å²) in [6.07, 6.45) is 1.78. The average Bonchev–Trinajstić information content (AvgIpc) is 3.00. The van der Waals surface area contributed by atoms with E-state index >= 15 is 0 Å². The third kappa shape index (κ3) is 2.88. The summed E-state index contributed by atoms with van der Waals surface area (Å²) >= 11 is 0. The molecule has 1 N–H and O–H groups in total. The minimum atomic E-state index is 0.443. The van der Waals surface area contributed by atoms with E-state index in [2.05, 4.69) is 40.6 Å². The fourth-order valence-corrected chi connectivity index (χ4v) is 2.49.